The van der Waals surface area contributed by atoms with Crippen LogP contribution in [0.25, 0.3) is 0 Å². The Morgan fingerprint density at radius 3 is 2.77 bits per heavy atom. The molecule has 1 aliphatic heterocycles. The first kappa shape index (κ1) is 15.8. The maximum Gasteiger partial charge on any atom is 0.410 e. The van der Waals surface area contributed by atoms with Crippen LogP contribution in [0.1, 0.15) is 26.5 Å². The number of carbonyl (C=O) groups is 1. The Morgan fingerprint density at radius 2 is 2.23 bits per heavy atom. The number of rotatable bonds is 2. The fraction of sp³-hybridized carbons (Fsp3) is 0.438. The molecule has 0 aliphatic carbocycles. The topological polar surface area (TPSA) is 75.5 Å². The second kappa shape index (κ2) is 6.06. The smallest absolute Gasteiger partial charge is 0.410 e. The maximum atomic E-state index is 12.0. The van der Waals surface area contributed by atoms with E-state index in [4.69, 9.17) is 14.7 Å². The summed E-state index contributed by atoms with van der Waals surface area (Å²) in [6.07, 6.45) is 0.807. The average Bonchev–Trinajstić information content (AvgIpc) is 2.79. The highest BCUT2D eigenvalue weighted by atomic mass is 16.6. The Labute approximate surface area is 130 Å². The van der Waals surface area contributed by atoms with E-state index in [1.54, 1.807) is 17.0 Å². The van der Waals surface area contributed by atoms with Crippen LogP contribution in [0.4, 0.5) is 4.79 Å². The van der Waals surface area contributed by atoms with Crippen molar-refractivity contribution >= 4 is 6.09 Å². The molecule has 1 amide bonds. The van der Waals surface area contributed by atoms with Gasteiger partial charge in [-0.15, -0.1) is 0 Å². The highest BCUT2D eigenvalue weighted by Crippen LogP contribution is 2.22. The molecule has 1 aromatic rings. The van der Waals surface area contributed by atoms with Crippen LogP contribution >= 0.6 is 0 Å². The summed E-state index contributed by atoms with van der Waals surface area (Å²) >= 11 is 0. The molecular formula is C16H19N3O3. The predicted molar refractivity (Wildman–Crippen MR) is 80.3 cm³/mol. The van der Waals surface area contributed by atoms with Crippen molar-refractivity contribution in [3.05, 3.63) is 36.2 Å². The minimum Gasteiger partial charge on any atom is -0.483 e. The fourth-order valence-electron chi connectivity index (χ4n) is 2.01. The molecule has 1 aromatic heterocycles. The lowest BCUT2D eigenvalue weighted by atomic mass is 10.2. The molecule has 1 aliphatic rings. The molecule has 116 valence electrons. The van der Waals surface area contributed by atoms with E-state index in [9.17, 15) is 4.79 Å². The number of nitriles is 1. The highest BCUT2D eigenvalue weighted by molar-refractivity contribution is 5.69. The van der Waals surface area contributed by atoms with Crippen molar-refractivity contribution in [3.8, 4) is 11.8 Å². The zero-order chi connectivity index (χ0) is 16.3. The van der Waals surface area contributed by atoms with E-state index >= 15 is 0 Å². The van der Waals surface area contributed by atoms with Gasteiger partial charge in [-0.1, -0.05) is 6.58 Å². The molecule has 0 unspecified atom stereocenters. The van der Waals surface area contributed by atoms with Crippen LogP contribution < -0.4 is 4.74 Å². The van der Waals surface area contributed by atoms with Crippen molar-refractivity contribution in [2.24, 2.45) is 0 Å². The Morgan fingerprint density at radius 1 is 1.50 bits per heavy atom. The van der Waals surface area contributed by atoms with Gasteiger partial charge in [0.25, 0.3) is 0 Å². The number of ether oxygens (including phenoxy) is 2. The Bertz CT molecular complexity index is 611. The summed E-state index contributed by atoms with van der Waals surface area (Å²) in [5.41, 5.74) is 0.595. The Balaban J connectivity index is 1.97. The molecule has 2 heterocycles. The molecule has 1 atom stereocenters. The Hall–Kier alpha value is -2.55. The minimum absolute atomic E-state index is 0.303. The molecule has 0 bridgehead atoms. The number of nitrogens with zero attached hydrogens (tertiary/aromatic N) is 3. The van der Waals surface area contributed by atoms with Crippen molar-refractivity contribution in [2.45, 2.75) is 32.5 Å². The van der Waals surface area contributed by atoms with Gasteiger partial charge in [-0.2, -0.15) is 5.26 Å². The maximum absolute atomic E-state index is 12.0. The number of likely N-dealkylation sites (tertiary alicyclic amines) is 1. The van der Waals surface area contributed by atoms with Crippen LogP contribution in [0.15, 0.2) is 30.5 Å². The molecule has 2 rings (SSSR count). The summed E-state index contributed by atoms with van der Waals surface area (Å²) in [6, 6.07) is 5.20. The summed E-state index contributed by atoms with van der Waals surface area (Å²) in [5, 5.41) is 8.72. The SMILES string of the molecule is C=C1CN(C(=O)OC(C)(C)C)C[C@@H]1Oc1ccc(C#N)nc1. The van der Waals surface area contributed by atoms with Gasteiger partial charge in [0.1, 0.15) is 29.2 Å². The second-order valence-corrected chi connectivity index (χ2v) is 6.12. The monoisotopic (exact) mass is 301 g/mol. The van der Waals surface area contributed by atoms with E-state index in [1.807, 2.05) is 26.8 Å². The fourth-order valence-corrected chi connectivity index (χ4v) is 2.01. The summed E-state index contributed by atoms with van der Waals surface area (Å²) in [7, 11) is 0. The van der Waals surface area contributed by atoms with Gasteiger partial charge in [-0.25, -0.2) is 9.78 Å². The van der Waals surface area contributed by atoms with Gasteiger partial charge in [-0.05, 0) is 38.5 Å². The van der Waals surface area contributed by atoms with E-state index in [-0.39, 0.29) is 12.2 Å². The van der Waals surface area contributed by atoms with Crippen LogP contribution in [0, 0.1) is 11.3 Å². The standard InChI is InChI=1S/C16H19N3O3/c1-11-9-19(15(20)22-16(2,3)4)10-14(11)21-13-6-5-12(7-17)18-8-13/h5-6,8,14H,1,9-10H2,2-4H3/t14-/m0/s1. The number of aromatic nitrogens is 1. The second-order valence-electron chi connectivity index (χ2n) is 6.12. The molecule has 0 radical (unpaired) electrons. The van der Waals surface area contributed by atoms with Crippen LogP contribution in [0.3, 0.4) is 0 Å². The first-order chi connectivity index (χ1) is 10.3. The van der Waals surface area contributed by atoms with E-state index < -0.39 is 5.60 Å². The van der Waals surface area contributed by atoms with E-state index in [2.05, 4.69) is 11.6 Å². The largest absolute Gasteiger partial charge is 0.483 e. The third-order valence-corrected chi connectivity index (χ3v) is 3.02. The normalized spacial score (nSPS) is 18.0. The lowest BCUT2D eigenvalue weighted by Gasteiger charge is -2.24. The van der Waals surface area contributed by atoms with Crippen LogP contribution in [-0.2, 0) is 4.74 Å². The summed E-state index contributed by atoms with van der Waals surface area (Å²) < 4.78 is 11.1. The van der Waals surface area contributed by atoms with E-state index in [0.29, 0.717) is 24.5 Å². The molecular weight excluding hydrogens is 282 g/mol. The molecule has 0 N–H and O–H groups in total. The summed E-state index contributed by atoms with van der Waals surface area (Å²) in [5.74, 6) is 0.538. The van der Waals surface area contributed by atoms with E-state index in [1.165, 1.54) is 6.20 Å². The highest BCUT2D eigenvalue weighted by Gasteiger charge is 2.33. The minimum atomic E-state index is -0.533. The first-order valence-electron chi connectivity index (χ1n) is 6.97. The van der Waals surface area contributed by atoms with Gasteiger partial charge >= 0.3 is 6.09 Å². The van der Waals surface area contributed by atoms with Crippen molar-refractivity contribution in [1.82, 2.24) is 9.88 Å². The summed E-state index contributed by atoms with van der Waals surface area (Å²) in [6.45, 7) is 10.2. The first-order valence-corrected chi connectivity index (χ1v) is 6.97. The quantitative estimate of drug-likeness (QED) is 0.784. The van der Waals surface area contributed by atoms with Gasteiger partial charge in [0.2, 0.25) is 0 Å². The van der Waals surface area contributed by atoms with Gasteiger partial charge in [0.15, 0.2) is 0 Å². The lowest BCUT2D eigenvalue weighted by molar-refractivity contribution is 0.0276. The lowest BCUT2D eigenvalue weighted by Crippen LogP contribution is -2.36. The van der Waals surface area contributed by atoms with Crippen molar-refractivity contribution < 1.29 is 14.3 Å². The summed E-state index contributed by atoms with van der Waals surface area (Å²) in [4.78, 5) is 17.6. The molecule has 0 spiro atoms. The van der Waals surface area contributed by atoms with Crippen molar-refractivity contribution in [3.63, 3.8) is 0 Å². The average molecular weight is 301 g/mol. The van der Waals surface area contributed by atoms with Crippen molar-refractivity contribution in [2.75, 3.05) is 13.1 Å². The predicted octanol–water partition coefficient (Wildman–Crippen LogP) is 2.51. The Kier molecular flexibility index (Phi) is 4.36. The number of amides is 1. The van der Waals surface area contributed by atoms with Crippen LogP contribution in [-0.4, -0.2) is 40.8 Å². The zero-order valence-electron chi connectivity index (χ0n) is 13.0. The molecule has 6 heteroatoms. The molecule has 1 fully saturated rings. The van der Waals surface area contributed by atoms with Gasteiger partial charge < -0.3 is 14.4 Å². The number of hydrogen-bond acceptors (Lipinski definition) is 5. The molecule has 6 nitrogen and oxygen atoms in total. The molecule has 0 saturated carbocycles. The number of carbonyl (C=O) groups excluding carboxylic acids is 1. The van der Waals surface area contributed by atoms with Gasteiger partial charge in [0.05, 0.1) is 12.7 Å². The molecule has 1 saturated heterocycles. The zero-order valence-corrected chi connectivity index (χ0v) is 13.0. The van der Waals surface area contributed by atoms with Crippen LogP contribution in [0.5, 0.6) is 5.75 Å². The third kappa shape index (κ3) is 3.98. The van der Waals surface area contributed by atoms with Gasteiger partial charge in [-0.3, -0.25) is 0 Å². The molecule has 22 heavy (non-hydrogen) atoms. The molecule has 0 aromatic carbocycles. The van der Waals surface area contributed by atoms with E-state index in [0.717, 1.165) is 5.57 Å². The van der Waals surface area contributed by atoms with Crippen LogP contribution in [0.2, 0.25) is 0 Å². The number of pyridine rings is 1. The van der Waals surface area contributed by atoms with Crippen molar-refractivity contribution in [1.29, 1.82) is 5.26 Å². The third-order valence-electron chi connectivity index (χ3n) is 3.02. The number of hydrogen-bond donors (Lipinski definition) is 0. The van der Waals surface area contributed by atoms with Gasteiger partial charge in [0, 0.05) is 6.54 Å².